The van der Waals surface area contributed by atoms with Gasteiger partial charge >= 0.3 is 0 Å². The molecule has 0 fully saturated rings. The minimum atomic E-state index is 0.691. The maximum Gasteiger partial charge on any atom is 0.0596 e. The van der Waals surface area contributed by atoms with Gasteiger partial charge in [0.2, 0.25) is 0 Å². The molecule has 1 heterocycles. The molecule has 1 atom stereocenters. The summed E-state index contributed by atoms with van der Waals surface area (Å²) in [6, 6.07) is 2.21. The Morgan fingerprint density at radius 1 is 1.46 bits per heavy atom. The molecule has 0 amide bonds. The van der Waals surface area contributed by atoms with Crippen molar-refractivity contribution in [3.63, 3.8) is 0 Å². The van der Waals surface area contributed by atoms with Crippen molar-refractivity contribution in [2.24, 2.45) is 7.05 Å². The van der Waals surface area contributed by atoms with Crippen LogP contribution in [0.2, 0.25) is 0 Å². The Hall–Kier alpha value is -0.790. The standard InChI is InChI=1S/C11H20N2/c1-5-7-10(6-2)11-8-9(3)12-13(11)4/h8,10H,5-7H2,1-4H3. The van der Waals surface area contributed by atoms with Gasteiger partial charge in [-0.25, -0.2) is 0 Å². The smallest absolute Gasteiger partial charge is 0.0596 e. The molecule has 2 heteroatoms. The van der Waals surface area contributed by atoms with Crippen molar-refractivity contribution in [3.05, 3.63) is 17.5 Å². The Labute approximate surface area is 81.0 Å². The molecule has 0 aromatic carbocycles. The molecule has 2 nitrogen and oxygen atoms in total. The first-order chi connectivity index (χ1) is 6.19. The molecule has 13 heavy (non-hydrogen) atoms. The van der Waals surface area contributed by atoms with E-state index in [9.17, 15) is 0 Å². The molecule has 74 valence electrons. The van der Waals surface area contributed by atoms with Gasteiger partial charge in [0.1, 0.15) is 0 Å². The van der Waals surface area contributed by atoms with Crippen LogP contribution < -0.4 is 0 Å². The van der Waals surface area contributed by atoms with Crippen LogP contribution in [0.25, 0.3) is 0 Å². The van der Waals surface area contributed by atoms with Gasteiger partial charge in [0, 0.05) is 18.7 Å². The minimum absolute atomic E-state index is 0.691. The lowest BCUT2D eigenvalue weighted by molar-refractivity contribution is 0.544. The van der Waals surface area contributed by atoms with E-state index in [4.69, 9.17) is 0 Å². The topological polar surface area (TPSA) is 17.8 Å². The number of nitrogens with zero attached hydrogens (tertiary/aromatic N) is 2. The predicted molar refractivity (Wildman–Crippen MR) is 55.9 cm³/mol. The van der Waals surface area contributed by atoms with Gasteiger partial charge in [0.05, 0.1) is 5.69 Å². The molecule has 0 bridgehead atoms. The second-order valence-corrected chi connectivity index (χ2v) is 3.73. The SMILES string of the molecule is CCCC(CC)c1cc(C)nn1C. The number of aromatic nitrogens is 2. The average molecular weight is 180 g/mol. The first-order valence-electron chi connectivity index (χ1n) is 5.19. The summed E-state index contributed by atoms with van der Waals surface area (Å²) in [5.74, 6) is 0.691. The molecule has 0 saturated carbocycles. The van der Waals surface area contributed by atoms with Gasteiger partial charge in [0.15, 0.2) is 0 Å². The van der Waals surface area contributed by atoms with Crippen molar-refractivity contribution in [3.8, 4) is 0 Å². The lowest BCUT2D eigenvalue weighted by atomic mass is 9.97. The third kappa shape index (κ3) is 2.33. The highest BCUT2D eigenvalue weighted by atomic mass is 15.3. The third-order valence-electron chi connectivity index (χ3n) is 2.59. The lowest BCUT2D eigenvalue weighted by Crippen LogP contribution is -2.04. The molecule has 1 unspecified atom stereocenters. The Kier molecular flexibility index (Phi) is 3.52. The summed E-state index contributed by atoms with van der Waals surface area (Å²) in [5, 5.41) is 4.38. The van der Waals surface area contributed by atoms with Gasteiger partial charge in [-0.15, -0.1) is 0 Å². The first kappa shape index (κ1) is 10.3. The summed E-state index contributed by atoms with van der Waals surface area (Å²) in [7, 11) is 2.04. The van der Waals surface area contributed by atoms with Crippen molar-refractivity contribution in [2.75, 3.05) is 0 Å². The summed E-state index contributed by atoms with van der Waals surface area (Å²) in [5.41, 5.74) is 2.52. The molecule has 0 radical (unpaired) electrons. The zero-order valence-electron chi connectivity index (χ0n) is 9.17. The molecule has 1 rings (SSSR count). The maximum absolute atomic E-state index is 4.38. The van der Waals surface area contributed by atoms with Crippen LogP contribution in [0.3, 0.4) is 0 Å². The van der Waals surface area contributed by atoms with Crippen LogP contribution in [0.1, 0.15) is 50.4 Å². The molecule has 0 saturated heterocycles. The van der Waals surface area contributed by atoms with Gasteiger partial charge in [-0.05, 0) is 25.8 Å². The monoisotopic (exact) mass is 180 g/mol. The van der Waals surface area contributed by atoms with Crippen LogP contribution in [0, 0.1) is 6.92 Å². The van der Waals surface area contributed by atoms with E-state index < -0.39 is 0 Å². The summed E-state index contributed by atoms with van der Waals surface area (Å²) in [6.07, 6.45) is 3.74. The highest BCUT2D eigenvalue weighted by Gasteiger charge is 2.12. The third-order valence-corrected chi connectivity index (χ3v) is 2.59. The van der Waals surface area contributed by atoms with Crippen molar-refractivity contribution in [1.29, 1.82) is 0 Å². The predicted octanol–water partition coefficient (Wildman–Crippen LogP) is 3.02. The van der Waals surface area contributed by atoms with Crippen molar-refractivity contribution < 1.29 is 0 Å². The highest BCUT2D eigenvalue weighted by molar-refractivity contribution is 5.13. The Bertz CT molecular complexity index is 263. The average Bonchev–Trinajstić information content (AvgIpc) is 2.41. The fraction of sp³-hybridized carbons (Fsp3) is 0.727. The summed E-state index contributed by atoms with van der Waals surface area (Å²) in [6.45, 7) is 6.55. The first-order valence-corrected chi connectivity index (χ1v) is 5.19. The van der Waals surface area contributed by atoms with E-state index in [2.05, 4.69) is 31.9 Å². The van der Waals surface area contributed by atoms with Gasteiger partial charge in [-0.1, -0.05) is 20.3 Å². The van der Waals surface area contributed by atoms with E-state index in [1.807, 2.05) is 11.7 Å². The summed E-state index contributed by atoms with van der Waals surface area (Å²) >= 11 is 0. The molecule has 0 aliphatic heterocycles. The van der Waals surface area contributed by atoms with Crippen molar-refractivity contribution in [2.45, 2.75) is 46.0 Å². The molecule has 1 aromatic heterocycles. The number of rotatable bonds is 4. The van der Waals surface area contributed by atoms with E-state index in [1.54, 1.807) is 0 Å². The zero-order valence-corrected chi connectivity index (χ0v) is 9.17. The fourth-order valence-electron chi connectivity index (χ4n) is 1.92. The second kappa shape index (κ2) is 4.45. The maximum atomic E-state index is 4.38. The minimum Gasteiger partial charge on any atom is -0.272 e. The quantitative estimate of drug-likeness (QED) is 0.696. The van der Waals surface area contributed by atoms with E-state index in [0.717, 1.165) is 5.69 Å². The largest absolute Gasteiger partial charge is 0.272 e. The fourth-order valence-corrected chi connectivity index (χ4v) is 1.92. The normalized spacial score (nSPS) is 13.2. The molecule has 0 aliphatic rings. The molecule has 1 aromatic rings. The molecule has 0 spiro atoms. The van der Waals surface area contributed by atoms with Crippen LogP contribution in [-0.2, 0) is 7.05 Å². The molecule has 0 aliphatic carbocycles. The van der Waals surface area contributed by atoms with Crippen LogP contribution in [0.4, 0.5) is 0 Å². The number of aryl methyl sites for hydroxylation is 2. The number of hydrogen-bond acceptors (Lipinski definition) is 1. The lowest BCUT2D eigenvalue weighted by Gasteiger charge is -2.13. The Balaban J connectivity index is 2.83. The van der Waals surface area contributed by atoms with Crippen molar-refractivity contribution in [1.82, 2.24) is 9.78 Å². The molecular weight excluding hydrogens is 160 g/mol. The second-order valence-electron chi connectivity index (χ2n) is 3.73. The van der Waals surface area contributed by atoms with Crippen molar-refractivity contribution >= 4 is 0 Å². The summed E-state index contributed by atoms with van der Waals surface area (Å²) < 4.78 is 2.03. The van der Waals surface area contributed by atoms with E-state index >= 15 is 0 Å². The summed E-state index contributed by atoms with van der Waals surface area (Å²) in [4.78, 5) is 0. The molecule has 0 N–H and O–H groups in total. The van der Waals surface area contributed by atoms with E-state index in [-0.39, 0.29) is 0 Å². The molecular formula is C11H20N2. The van der Waals surface area contributed by atoms with Crippen LogP contribution in [-0.4, -0.2) is 9.78 Å². The zero-order chi connectivity index (χ0) is 9.84. The van der Waals surface area contributed by atoms with E-state index in [0.29, 0.717) is 5.92 Å². The van der Waals surface area contributed by atoms with E-state index in [1.165, 1.54) is 25.0 Å². The Morgan fingerprint density at radius 3 is 2.54 bits per heavy atom. The van der Waals surface area contributed by atoms with Crippen LogP contribution in [0.5, 0.6) is 0 Å². The van der Waals surface area contributed by atoms with Gasteiger partial charge < -0.3 is 0 Å². The van der Waals surface area contributed by atoms with Gasteiger partial charge in [-0.3, -0.25) is 4.68 Å². The van der Waals surface area contributed by atoms with Crippen LogP contribution in [0.15, 0.2) is 6.07 Å². The Morgan fingerprint density at radius 2 is 2.15 bits per heavy atom. The number of hydrogen-bond donors (Lipinski definition) is 0. The van der Waals surface area contributed by atoms with Gasteiger partial charge in [-0.2, -0.15) is 5.10 Å². The van der Waals surface area contributed by atoms with Gasteiger partial charge in [0.25, 0.3) is 0 Å². The highest BCUT2D eigenvalue weighted by Crippen LogP contribution is 2.24. The van der Waals surface area contributed by atoms with Crippen LogP contribution >= 0.6 is 0 Å².